The van der Waals surface area contributed by atoms with Gasteiger partial charge in [0.25, 0.3) is 0 Å². The van der Waals surface area contributed by atoms with Crippen molar-refractivity contribution >= 4 is 6.03 Å². The summed E-state index contributed by atoms with van der Waals surface area (Å²) in [5.41, 5.74) is 3.48. The fourth-order valence-corrected chi connectivity index (χ4v) is 0.0417. The predicted molar refractivity (Wildman–Crippen MR) is 26.8 cm³/mol. The van der Waals surface area contributed by atoms with Crippen LogP contribution in [-0.4, -0.2) is 6.03 Å². The topological polar surface area (TPSA) is 93.2 Å². The summed E-state index contributed by atoms with van der Waals surface area (Å²) < 4.78 is 0. The second-order valence-electron chi connectivity index (χ2n) is 0.618. The molecule has 0 unspecified atom stereocenters. The zero-order valence-electron chi connectivity index (χ0n) is 3.06. The van der Waals surface area contributed by atoms with Gasteiger partial charge in [-0.2, -0.15) is 0 Å². The van der Waals surface area contributed by atoms with Crippen molar-refractivity contribution in [3.8, 4) is 0 Å². The summed E-state index contributed by atoms with van der Waals surface area (Å²) in [5, 5.41) is 0. The van der Waals surface area contributed by atoms with E-state index in [1.165, 1.54) is 0 Å². The van der Waals surface area contributed by atoms with E-state index in [2.05, 4.69) is 11.7 Å². The van der Waals surface area contributed by atoms with Crippen LogP contribution < -0.4 is 22.5 Å². The summed E-state index contributed by atoms with van der Waals surface area (Å²) in [6.07, 6.45) is 0. The number of hydrazine groups is 2. The fraction of sp³-hybridized carbons (Fsp3) is 0.500. The van der Waals surface area contributed by atoms with Crippen LogP contribution in [0.25, 0.3) is 0 Å². The van der Waals surface area contributed by atoms with E-state index >= 15 is 0 Å². The van der Waals surface area contributed by atoms with E-state index in [9.17, 15) is 4.79 Å². The van der Waals surface area contributed by atoms with Gasteiger partial charge in [0.15, 0.2) is 0 Å². The summed E-state index contributed by atoms with van der Waals surface area (Å²) in [6, 6.07) is -0.602. The van der Waals surface area contributed by atoms with Gasteiger partial charge in [0.1, 0.15) is 0 Å². The molecule has 7 heavy (non-hydrogen) atoms. The highest BCUT2D eigenvalue weighted by molar-refractivity contribution is 5.72. The van der Waals surface area contributed by atoms with E-state index in [1.807, 2.05) is 0 Å². The first kappa shape index (κ1) is 9.50. The molecular weight excluding hydrogens is 96.0 g/mol. The third-order valence-electron chi connectivity index (χ3n) is 0.262. The van der Waals surface area contributed by atoms with Gasteiger partial charge in [-0.1, -0.05) is 7.43 Å². The van der Waals surface area contributed by atoms with Gasteiger partial charge >= 0.3 is 6.03 Å². The van der Waals surface area contributed by atoms with Gasteiger partial charge in [0.2, 0.25) is 0 Å². The first-order valence-electron chi connectivity index (χ1n) is 1.28. The van der Waals surface area contributed by atoms with Crippen molar-refractivity contribution in [1.82, 2.24) is 10.9 Å². The number of carbonyl (C=O) groups is 1. The molecule has 0 aliphatic rings. The predicted octanol–water partition coefficient (Wildman–Crippen LogP) is -1.33. The zero-order valence-corrected chi connectivity index (χ0v) is 3.06. The number of carbonyl (C=O) groups excluding carboxylic acids is 1. The van der Waals surface area contributed by atoms with Crippen LogP contribution in [0.1, 0.15) is 7.43 Å². The Labute approximate surface area is 42.0 Å². The van der Waals surface area contributed by atoms with Gasteiger partial charge in [-0.05, 0) is 0 Å². The molecule has 5 heteroatoms. The van der Waals surface area contributed by atoms with Gasteiger partial charge < -0.3 is 0 Å². The molecule has 0 aliphatic carbocycles. The van der Waals surface area contributed by atoms with Crippen molar-refractivity contribution in [3.63, 3.8) is 0 Å². The van der Waals surface area contributed by atoms with Crippen molar-refractivity contribution < 1.29 is 4.79 Å². The Kier molecular flexibility index (Phi) is 7.04. The fourth-order valence-electron chi connectivity index (χ4n) is 0.0417. The highest BCUT2D eigenvalue weighted by atomic mass is 16.2. The molecular formula is C2H10N4O. The molecule has 0 aromatic rings. The Bertz CT molecular complexity index is 47.7. The Morgan fingerprint density at radius 1 is 1.29 bits per heavy atom. The van der Waals surface area contributed by atoms with E-state index < -0.39 is 6.03 Å². The lowest BCUT2D eigenvalue weighted by Crippen LogP contribution is -2.43. The second kappa shape index (κ2) is 5.19. The average Bonchev–Trinajstić information content (AvgIpc) is 1.65. The molecule has 0 fully saturated rings. The highest BCUT2D eigenvalue weighted by Crippen LogP contribution is 1.42. The van der Waals surface area contributed by atoms with Gasteiger partial charge in [-0.3, -0.25) is 10.9 Å². The highest BCUT2D eigenvalue weighted by Gasteiger charge is 1.82. The molecule has 0 saturated carbocycles. The Morgan fingerprint density at radius 2 is 1.57 bits per heavy atom. The minimum absolute atomic E-state index is 0. The van der Waals surface area contributed by atoms with Crippen LogP contribution in [0.3, 0.4) is 0 Å². The molecule has 0 rings (SSSR count). The molecule has 0 spiro atoms. The van der Waals surface area contributed by atoms with Crippen LogP contribution in [0.2, 0.25) is 0 Å². The molecule has 2 amide bonds. The standard InChI is InChI=1S/CH6N4O.CH4/c2-4-1(6)5-3;/h2-3H2,(H2,4,5,6);1H4. The van der Waals surface area contributed by atoms with E-state index in [-0.39, 0.29) is 7.43 Å². The molecule has 0 aromatic heterocycles. The smallest absolute Gasteiger partial charge is 0.275 e. The monoisotopic (exact) mass is 106 g/mol. The number of hydrogen-bond acceptors (Lipinski definition) is 3. The second-order valence-corrected chi connectivity index (χ2v) is 0.618. The minimum atomic E-state index is -0.602. The van der Waals surface area contributed by atoms with Crippen LogP contribution >= 0.6 is 0 Å². The molecule has 44 valence electrons. The van der Waals surface area contributed by atoms with Gasteiger partial charge in [0.05, 0.1) is 0 Å². The Balaban J connectivity index is 0. The molecule has 5 nitrogen and oxygen atoms in total. The molecule has 0 aliphatic heterocycles. The molecule has 0 saturated heterocycles. The molecule has 6 N–H and O–H groups in total. The molecule has 0 atom stereocenters. The van der Waals surface area contributed by atoms with Crippen LogP contribution in [-0.2, 0) is 0 Å². The van der Waals surface area contributed by atoms with Gasteiger partial charge in [-0.15, -0.1) is 0 Å². The Morgan fingerprint density at radius 3 is 1.57 bits per heavy atom. The van der Waals surface area contributed by atoms with E-state index in [4.69, 9.17) is 0 Å². The van der Waals surface area contributed by atoms with Crippen molar-refractivity contribution in [2.45, 2.75) is 7.43 Å². The van der Waals surface area contributed by atoms with Crippen LogP contribution in [0, 0.1) is 0 Å². The van der Waals surface area contributed by atoms with E-state index in [0.717, 1.165) is 0 Å². The molecule has 0 heterocycles. The van der Waals surface area contributed by atoms with Crippen LogP contribution in [0.15, 0.2) is 0 Å². The zero-order chi connectivity index (χ0) is 4.99. The average molecular weight is 106 g/mol. The third kappa shape index (κ3) is 5.19. The minimum Gasteiger partial charge on any atom is -0.275 e. The Hall–Kier alpha value is -0.810. The number of nitrogens with one attached hydrogen (secondary N) is 2. The lowest BCUT2D eigenvalue weighted by Gasteiger charge is -1.90. The number of amides is 2. The van der Waals surface area contributed by atoms with Crippen LogP contribution in [0.4, 0.5) is 4.79 Å². The molecule has 0 bridgehead atoms. The number of nitrogens with two attached hydrogens (primary N) is 2. The summed E-state index contributed by atoms with van der Waals surface area (Å²) in [7, 11) is 0. The summed E-state index contributed by atoms with van der Waals surface area (Å²) in [6.45, 7) is 0. The maximum absolute atomic E-state index is 9.71. The lowest BCUT2D eigenvalue weighted by molar-refractivity contribution is 0.241. The number of urea groups is 1. The maximum Gasteiger partial charge on any atom is 0.343 e. The molecule has 0 aromatic carbocycles. The first-order valence-corrected chi connectivity index (χ1v) is 1.28. The van der Waals surface area contributed by atoms with Crippen molar-refractivity contribution in [2.24, 2.45) is 11.7 Å². The quantitative estimate of drug-likeness (QED) is 0.175. The van der Waals surface area contributed by atoms with Gasteiger partial charge in [0, 0.05) is 0 Å². The van der Waals surface area contributed by atoms with Gasteiger partial charge in [-0.25, -0.2) is 16.5 Å². The normalized spacial score (nSPS) is 6.00. The van der Waals surface area contributed by atoms with Crippen LogP contribution in [0.5, 0.6) is 0 Å². The van der Waals surface area contributed by atoms with Crippen molar-refractivity contribution in [1.29, 1.82) is 0 Å². The van der Waals surface area contributed by atoms with E-state index in [0.29, 0.717) is 0 Å². The summed E-state index contributed by atoms with van der Waals surface area (Å²) in [4.78, 5) is 9.71. The van der Waals surface area contributed by atoms with Crippen molar-refractivity contribution in [2.75, 3.05) is 0 Å². The largest absolute Gasteiger partial charge is 0.343 e. The van der Waals surface area contributed by atoms with E-state index in [1.54, 1.807) is 10.9 Å². The third-order valence-corrected chi connectivity index (χ3v) is 0.262. The first-order chi connectivity index (χ1) is 2.81. The van der Waals surface area contributed by atoms with Crippen molar-refractivity contribution in [3.05, 3.63) is 0 Å². The maximum atomic E-state index is 9.71. The molecule has 0 radical (unpaired) electrons. The number of rotatable bonds is 0. The summed E-state index contributed by atoms with van der Waals surface area (Å²) >= 11 is 0. The summed E-state index contributed by atoms with van der Waals surface area (Å²) in [5.74, 6) is 9.08. The number of hydrogen-bond donors (Lipinski definition) is 4. The lowest BCUT2D eigenvalue weighted by atomic mass is 11.1. The SMILES string of the molecule is C.NNC(=O)NN.